The van der Waals surface area contributed by atoms with Crippen LogP contribution in [0.3, 0.4) is 0 Å². The van der Waals surface area contributed by atoms with Gasteiger partial charge in [0.05, 0.1) is 0 Å². The molecule has 0 aromatic rings. The van der Waals surface area contributed by atoms with Crippen molar-refractivity contribution in [1.82, 2.24) is 0 Å². The Bertz CT molecular complexity index is 52.8. The zero-order chi connectivity index (χ0) is 4.99. The average molecular weight is 142 g/mol. The van der Waals surface area contributed by atoms with Crippen molar-refractivity contribution in [2.75, 3.05) is 0 Å². The lowest BCUT2D eigenvalue weighted by Crippen LogP contribution is -1.73. The molecule has 0 aliphatic heterocycles. The molecule has 1 N–H and O–H groups in total. The first-order valence-electron chi connectivity index (χ1n) is 0.981. The van der Waals surface area contributed by atoms with Gasteiger partial charge in [0.2, 0.25) is 0 Å². The summed E-state index contributed by atoms with van der Waals surface area (Å²) in [5.41, 5.74) is 0. The first-order valence-corrected chi connectivity index (χ1v) is 4.18. The van der Waals surface area contributed by atoms with Crippen LogP contribution in [0.1, 0.15) is 0 Å². The third-order valence-electron chi connectivity index (χ3n) is 0.109. The topological polar surface area (TPSA) is 37.3 Å². The van der Waals surface area contributed by atoms with E-state index in [-0.39, 0.29) is 0 Å². The maximum absolute atomic E-state index is 9.49. The van der Waals surface area contributed by atoms with Crippen LogP contribution in [0.2, 0.25) is 0 Å². The van der Waals surface area contributed by atoms with Crippen molar-refractivity contribution in [1.29, 1.82) is 0 Å². The van der Waals surface area contributed by atoms with Gasteiger partial charge in [0.25, 0.3) is 0 Å². The Labute approximate surface area is 47.9 Å². The summed E-state index contributed by atoms with van der Waals surface area (Å²) in [5, 5.41) is 6.90. The molecular formula is CH2O2S3. The van der Waals surface area contributed by atoms with E-state index in [4.69, 9.17) is 5.11 Å². The minimum Gasteiger partial charge on any atom is -0.472 e. The molecule has 0 fully saturated rings. The molecule has 6 heavy (non-hydrogen) atoms. The van der Waals surface area contributed by atoms with E-state index < -0.39 is 5.30 Å². The Hall–Kier alpha value is 0.520. The van der Waals surface area contributed by atoms with Crippen molar-refractivity contribution < 1.29 is 9.90 Å². The van der Waals surface area contributed by atoms with Crippen LogP contribution in [0.15, 0.2) is 0 Å². The summed E-state index contributed by atoms with van der Waals surface area (Å²) >= 11 is 3.56. The molecule has 0 atom stereocenters. The van der Waals surface area contributed by atoms with Crippen LogP contribution in [0, 0.1) is 0 Å². The predicted octanol–water partition coefficient (Wildman–Crippen LogP) is 1.89. The predicted molar refractivity (Wildman–Crippen MR) is 32.2 cm³/mol. The van der Waals surface area contributed by atoms with Gasteiger partial charge in [-0.2, -0.15) is 0 Å². The molecule has 0 radical (unpaired) electrons. The van der Waals surface area contributed by atoms with E-state index in [0.717, 1.165) is 9.83 Å². The first-order chi connectivity index (χ1) is 2.77. The lowest BCUT2D eigenvalue weighted by molar-refractivity contribution is 0.222. The fraction of sp³-hybridized carbons (Fsp3) is 0. The summed E-state index contributed by atoms with van der Waals surface area (Å²) in [6.45, 7) is 0. The van der Waals surface area contributed by atoms with Gasteiger partial charge in [-0.1, -0.05) is 11.7 Å². The Kier molecular flexibility index (Phi) is 4.02. The second-order valence-corrected chi connectivity index (χ2v) is 3.38. The maximum Gasteiger partial charge on any atom is 0.376 e. The summed E-state index contributed by atoms with van der Waals surface area (Å²) in [6, 6.07) is 0. The van der Waals surface area contributed by atoms with Crippen LogP contribution in [0.25, 0.3) is 0 Å². The van der Waals surface area contributed by atoms with Gasteiger partial charge < -0.3 is 5.11 Å². The highest BCUT2D eigenvalue weighted by Crippen LogP contribution is 2.24. The number of rotatable bonds is 1. The average Bonchev–Trinajstić information content (AvgIpc) is 1.35. The molecule has 0 aliphatic carbocycles. The Morgan fingerprint density at radius 2 is 2.33 bits per heavy atom. The van der Waals surface area contributed by atoms with Crippen molar-refractivity contribution in [2.24, 2.45) is 0 Å². The normalized spacial score (nSPS) is 8.17. The molecule has 0 spiro atoms. The van der Waals surface area contributed by atoms with Crippen LogP contribution in [-0.2, 0) is 0 Å². The van der Waals surface area contributed by atoms with Gasteiger partial charge >= 0.3 is 5.30 Å². The molecule has 0 saturated heterocycles. The Balaban J connectivity index is 2.83. The largest absolute Gasteiger partial charge is 0.472 e. The number of hydrogen-bond donors (Lipinski definition) is 2. The van der Waals surface area contributed by atoms with E-state index in [2.05, 4.69) is 11.7 Å². The molecule has 0 saturated carbocycles. The van der Waals surface area contributed by atoms with Gasteiger partial charge in [-0.15, -0.1) is 0 Å². The van der Waals surface area contributed by atoms with Crippen molar-refractivity contribution in [3.63, 3.8) is 0 Å². The second kappa shape index (κ2) is 3.70. The van der Waals surface area contributed by atoms with E-state index >= 15 is 0 Å². The fourth-order valence-electron chi connectivity index (χ4n) is 0.0319. The minimum absolute atomic E-state index is 0.684. The smallest absolute Gasteiger partial charge is 0.376 e. The number of carboxylic acid groups (broad SMARTS) is 1. The van der Waals surface area contributed by atoms with Gasteiger partial charge in [0.15, 0.2) is 0 Å². The molecule has 2 nitrogen and oxygen atoms in total. The number of hydrogen-bond acceptors (Lipinski definition) is 4. The molecule has 36 valence electrons. The van der Waals surface area contributed by atoms with Crippen LogP contribution in [-0.4, -0.2) is 10.4 Å². The number of thiol groups is 1. The van der Waals surface area contributed by atoms with Crippen molar-refractivity contribution >= 4 is 37.6 Å². The Morgan fingerprint density at radius 3 is 2.33 bits per heavy atom. The highest BCUT2D eigenvalue weighted by Gasteiger charge is 1.90. The minimum atomic E-state index is -0.907. The SMILES string of the molecule is O=C(O)SSS. The third-order valence-corrected chi connectivity index (χ3v) is 1.65. The van der Waals surface area contributed by atoms with E-state index in [1.165, 1.54) is 0 Å². The molecule has 0 aliphatic rings. The fourth-order valence-corrected chi connectivity index (χ4v) is 0.861. The van der Waals surface area contributed by atoms with Crippen molar-refractivity contribution in [3.05, 3.63) is 0 Å². The molecule has 0 aromatic heterocycles. The van der Waals surface area contributed by atoms with E-state index in [0.29, 0.717) is 10.8 Å². The summed E-state index contributed by atoms with van der Waals surface area (Å²) in [7, 11) is 1.60. The van der Waals surface area contributed by atoms with Gasteiger partial charge in [-0.05, 0) is 9.83 Å². The summed E-state index contributed by atoms with van der Waals surface area (Å²) in [5.74, 6) is 0. The second-order valence-electron chi connectivity index (χ2n) is 0.424. The van der Waals surface area contributed by atoms with Crippen LogP contribution in [0.5, 0.6) is 0 Å². The lowest BCUT2D eigenvalue weighted by Gasteiger charge is -1.77. The molecule has 0 bridgehead atoms. The van der Waals surface area contributed by atoms with Crippen molar-refractivity contribution in [2.45, 2.75) is 0 Å². The molecule has 5 heteroatoms. The van der Waals surface area contributed by atoms with E-state index in [1.54, 1.807) is 0 Å². The van der Waals surface area contributed by atoms with Gasteiger partial charge in [0.1, 0.15) is 0 Å². The quantitative estimate of drug-likeness (QED) is 0.433. The summed E-state index contributed by atoms with van der Waals surface area (Å²) in [6.07, 6.45) is 0. The monoisotopic (exact) mass is 142 g/mol. The molecule has 0 aromatic carbocycles. The standard InChI is InChI=1S/CH2O2S3/c2-1(3)5-6-4/h4H,(H,2,3). The third kappa shape index (κ3) is 4.52. The van der Waals surface area contributed by atoms with Gasteiger partial charge in [0, 0.05) is 10.8 Å². The van der Waals surface area contributed by atoms with Crippen LogP contribution >= 0.6 is 32.3 Å². The summed E-state index contributed by atoms with van der Waals surface area (Å²) in [4.78, 5) is 9.49. The molecule has 0 rings (SSSR count). The highest BCUT2D eigenvalue weighted by atomic mass is 33.5. The maximum atomic E-state index is 9.49. The zero-order valence-corrected chi connectivity index (χ0v) is 5.15. The van der Waals surface area contributed by atoms with E-state index in [1.807, 2.05) is 0 Å². The molecular weight excluding hydrogens is 140 g/mol. The number of carbonyl (C=O) groups is 1. The molecule has 0 unspecified atom stereocenters. The van der Waals surface area contributed by atoms with E-state index in [9.17, 15) is 4.79 Å². The molecule has 0 amide bonds. The van der Waals surface area contributed by atoms with Crippen molar-refractivity contribution in [3.8, 4) is 0 Å². The highest BCUT2D eigenvalue weighted by molar-refractivity contribution is 9.08. The summed E-state index contributed by atoms with van der Waals surface area (Å²) < 4.78 is 0. The molecule has 0 heterocycles. The van der Waals surface area contributed by atoms with Crippen LogP contribution in [0.4, 0.5) is 4.79 Å². The van der Waals surface area contributed by atoms with Gasteiger partial charge in [-0.3, -0.25) is 0 Å². The first kappa shape index (κ1) is 6.52. The lowest BCUT2D eigenvalue weighted by atomic mass is 11.6. The zero-order valence-electron chi connectivity index (χ0n) is 2.62. The van der Waals surface area contributed by atoms with Crippen LogP contribution < -0.4 is 0 Å². The Morgan fingerprint density at radius 1 is 1.83 bits per heavy atom. The van der Waals surface area contributed by atoms with Gasteiger partial charge in [-0.25, -0.2) is 4.79 Å².